The highest BCUT2D eigenvalue weighted by atomic mass is 35.5. The molecular formula is C13H20ClNO2. The minimum atomic E-state index is 0.161. The van der Waals surface area contributed by atoms with Gasteiger partial charge in [0.05, 0.1) is 7.11 Å². The van der Waals surface area contributed by atoms with E-state index in [1.807, 2.05) is 0 Å². The maximum atomic E-state index is 9.91. The van der Waals surface area contributed by atoms with E-state index in [0.29, 0.717) is 23.2 Å². The van der Waals surface area contributed by atoms with Crippen molar-refractivity contribution in [3.63, 3.8) is 0 Å². The van der Waals surface area contributed by atoms with Crippen LogP contribution in [-0.4, -0.2) is 18.8 Å². The Balaban J connectivity index is 2.67. The molecule has 1 rings (SSSR count). The van der Waals surface area contributed by atoms with Crippen molar-refractivity contribution in [2.45, 2.75) is 26.8 Å². The monoisotopic (exact) mass is 257 g/mol. The molecule has 3 nitrogen and oxygen atoms in total. The number of halogens is 1. The fraction of sp³-hybridized carbons (Fsp3) is 0.538. The van der Waals surface area contributed by atoms with Gasteiger partial charge in [-0.1, -0.05) is 31.9 Å². The van der Waals surface area contributed by atoms with Gasteiger partial charge in [0.25, 0.3) is 0 Å². The zero-order chi connectivity index (χ0) is 12.8. The molecule has 0 aliphatic rings. The highest BCUT2D eigenvalue weighted by molar-refractivity contribution is 6.30. The van der Waals surface area contributed by atoms with Gasteiger partial charge in [0.1, 0.15) is 0 Å². The second kappa shape index (κ2) is 6.72. The fourth-order valence-electron chi connectivity index (χ4n) is 1.52. The molecule has 0 aliphatic heterocycles. The first-order valence-electron chi connectivity index (χ1n) is 5.84. The maximum absolute atomic E-state index is 9.91. The number of phenols is 1. The number of hydrogen-bond donors (Lipinski definition) is 2. The third-order valence-corrected chi connectivity index (χ3v) is 3.06. The Bertz CT molecular complexity index is 369. The van der Waals surface area contributed by atoms with E-state index in [9.17, 15) is 5.11 Å². The van der Waals surface area contributed by atoms with Crippen LogP contribution < -0.4 is 10.1 Å². The van der Waals surface area contributed by atoms with E-state index in [-0.39, 0.29) is 5.75 Å². The molecule has 17 heavy (non-hydrogen) atoms. The summed E-state index contributed by atoms with van der Waals surface area (Å²) in [5.41, 5.74) is 0.762. The summed E-state index contributed by atoms with van der Waals surface area (Å²) in [6, 6.07) is 3.36. The SMILES string of the molecule is CCC(C)CNCc1cc(Cl)cc(OC)c1O. The smallest absolute Gasteiger partial charge is 0.162 e. The zero-order valence-electron chi connectivity index (χ0n) is 10.6. The molecule has 96 valence electrons. The highest BCUT2D eigenvalue weighted by Crippen LogP contribution is 2.33. The predicted octanol–water partition coefficient (Wildman–Crippen LogP) is 3.19. The molecule has 1 atom stereocenters. The van der Waals surface area contributed by atoms with Crippen molar-refractivity contribution in [2.75, 3.05) is 13.7 Å². The molecular weight excluding hydrogens is 238 g/mol. The lowest BCUT2D eigenvalue weighted by atomic mass is 10.1. The first-order chi connectivity index (χ1) is 8.08. The van der Waals surface area contributed by atoms with Gasteiger partial charge in [0, 0.05) is 23.2 Å². The molecule has 0 amide bonds. The Hall–Kier alpha value is -0.930. The zero-order valence-corrected chi connectivity index (χ0v) is 11.3. The van der Waals surface area contributed by atoms with Crippen LogP contribution in [0.3, 0.4) is 0 Å². The van der Waals surface area contributed by atoms with Crippen molar-refractivity contribution in [1.29, 1.82) is 0 Å². The van der Waals surface area contributed by atoms with E-state index in [1.54, 1.807) is 12.1 Å². The predicted molar refractivity (Wildman–Crippen MR) is 70.8 cm³/mol. The lowest BCUT2D eigenvalue weighted by molar-refractivity contribution is 0.369. The Kier molecular flexibility index (Phi) is 5.59. The van der Waals surface area contributed by atoms with E-state index in [0.717, 1.165) is 18.5 Å². The minimum absolute atomic E-state index is 0.161. The maximum Gasteiger partial charge on any atom is 0.162 e. The molecule has 0 radical (unpaired) electrons. The summed E-state index contributed by atoms with van der Waals surface area (Å²) in [5.74, 6) is 1.20. The molecule has 0 bridgehead atoms. The highest BCUT2D eigenvalue weighted by Gasteiger charge is 2.09. The van der Waals surface area contributed by atoms with Crippen LogP contribution in [0.25, 0.3) is 0 Å². The van der Waals surface area contributed by atoms with Gasteiger partial charge in [-0.25, -0.2) is 0 Å². The molecule has 0 saturated carbocycles. The minimum Gasteiger partial charge on any atom is -0.504 e. The number of phenolic OH excluding ortho intramolecular Hbond substituents is 1. The van der Waals surface area contributed by atoms with Gasteiger partial charge in [0.2, 0.25) is 0 Å². The number of ether oxygens (including phenoxy) is 1. The lowest BCUT2D eigenvalue weighted by Crippen LogP contribution is -2.20. The summed E-state index contributed by atoms with van der Waals surface area (Å²) >= 11 is 5.95. The van der Waals surface area contributed by atoms with Crippen LogP contribution in [-0.2, 0) is 6.54 Å². The van der Waals surface area contributed by atoms with Crippen LogP contribution in [0.1, 0.15) is 25.8 Å². The van der Waals surface area contributed by atoms with Crippen molar-refractivity contribution in [2.24, 2.45) is 5.92 Å². The van der Waals surface area contributed by atoms with Gasteiger partial charge in [-0.05, 0) is 18.5 Å². The molecule has 0 saturated heterocycles. The molecule has 0 heterocycles. The quantitative estimate of drug-likeness (QED) is 0.822. The van der Waals surface area contributed by atoms with E-state index in [2.05, 4.69) is 19.2 Å². The van der Waals surface area contributed by atoms with Gasteiger partial charge >= 0.3 is 0 Å². The molecule has 4 heteroatoms. The molecule has 1 aromatic rings. The average Bonchev–Trinajstić information content (AvgIpc) is 2.32. The van der Waals surface area contributed by atoms with Crippen LogP contribution in [0.2, 0.25) is 5.02 Å². The van der Waals surface area contributed by atoms with Crippen LogP contribution in [0.15, 0.2) is 12.1 Å². The number of rotatable bonds is 6. The summed E-state index contributed by atoms with van der Waals surface area (Å²) in [6.07, 6.45) is 1.14. The fourth-order valence-corrected chi connectivity index (χ4v) is 1.75. The summed E-state index contributed by atoms with van der Waals surface area (Å²) < 4.78 is 5.05. The number of aromatic hydroxyl groups is 1. The molecule has 0 fully saturated rings. The number of benzene rings is 1. The third-order valence-electron chi connectivity index (χ3n) is 2.84. The summed E-state index contributed by atoms with van der Waals surface area (Å²) in [6.45, 7) is 5.86. The van der Waals surface area contributed by atoms with Crippen LogP contribution >= 0.6 is 11.6 Å². The molecule has 0 aliphatic carbocycles. The second-order valence-corrected chi connectivity index (χ2v) is 4.70. The van der Waals surface area contributed by atoms with Crippen molar-refractivity contribution in [1.82, 2.24) is 5.32 Å². The first-order valence-corrected chi connectivity index (χ1v) is 6.22. The Labute approximate surface area is 108 Å². The molecule has 0 spiro atoms. The molecule has 0 aromatic heterocycles. The van der Waals surface area contributed by atoms with Crippen molar-refractivity contribution < 1.29 is 9.84 Å². The molecule has 1 unspecified atom stereocenters. The molecule has 2 N–H and O–H groups in total. The number of nitrogens with one attached hydrogen (secondary N) is 1. The van der Waals surface area contributed by atoms with Crippen LogP contribution in [0, 0.1) is 5.92 Å². The van der Waals surface area contributed by atoms with Gasteiger partial charge in [-0.3, -0.25) is 0 Å². The van der Waals surface area contributed by atoms with Gasteiger partial charge in [-0.2, -0.15) is 0 Å². The summed E-state index contributed by atoms with van der Waals surface area (Å²) in [7, 11) is 1.52. The van der Waals surface area contributed by atoms with Crippen molar-refractivity contribution >= 4 is 11.6 Å². The van der Waals surface area contributed by atoms with Gasteiger partial charge in [-0.15, -0.1) is 0 Å². The van der Waals surface area contributed by atoms with Gasteiger partial charge < -0.3 is 15.2 Å². The van der Waals surface area contributed by atoms with E-state index >= 15 is 0 Å². The van der Waals surface area contributed by atoms with Crippen LogP contribution in [0.5, 0.6) is 11.5 Å². The topological polar surface area (TPSA) is 41.5 Å². The normalized spacial score (nSPS) is 12.5. The Morgan fingerprint density at radius 1 is 1.47 bits per heavy atom. The second-order valence-electron chi connectivity index (χ2n) is 4.26. The van der Waals surface area contributed by atoms with Crippen molar-refractivity contribution in [3.05, 3.63) is 22.7 Å². The van der Waals surface area contributed by atoms with E-state index in [4.69, 9.17) is 16.3 Å². The van der Waals surface area contributed by atoms with E-state index in [1.165, 1.54) is 7.11 Å². The molecule has 1 aromatic carbocycles. The first kappa shape index (κ1) is 14.1. The standard InChI is InChI=1S/C13H20ClNO2/c1-4-9(2)7-15-8-10-5-11(14)6-12(17-3)13(10)16/h5-6,9,15-16H,4,7-8H2,1-3H3. The number of hydrogen-bond acceptors (Lipinski definition) is 3. The Morgan fingerprint density at radius 3 is 2.76 bits per heavy atom. The van der Waals surface area contributed by atoms with Crippen molar-refractivity contribution in [3.8, 4) is 11.5 Å². The lowest BCUT2D eigenvalue weighted by Gasteiger charge is -2.13. The van der Waals surface area contributed by atoms with Crippen LogP contribution in [0.4, 0.5) is 0 Å². The summed E-state index contributed by atoms with van der Waals surface area (Å²) in [4.78, 5) is 0. The average molecular weight is 258 g/mol. The largest absolute Gasteiger partial charge is 0.504 e. The van der Waals surface area contributed by atoms with Gasteiger partial charge in [0.15, 0.2) is 11.5 Å². The number of methoxy groups -OCH3 is 1. The van der Waals surface area contributed by atoms with E-state index < -0.39 is 0 Å². The third kappa shape index (κ3) is 4.10. The Morgan fingerprint density at radius 2 is 2.18 bits per heavy atom. The summed E-state index contributed by atoms with van der Waals surface area (Å²) in [5, 5.41) is 13.8.